The summed E-state index contributed by atoms with van der Waals surface area (Å²) in [7, 11) is 0. The molecule has 7 nitrogen and oxygen atoms in total. The Morgan fingerprint density at radius 2 is 2.00 bits per heavy atom. The van der Waals surface area contributed by atoms with Gasteiger partial charge in [-0.15, -0.1) is 11.3 Å². The topological polar surface area (TPSA) is 98.5 Å². The van der Waals surface area contributed by atoms with E-state index in [1.807, 2.05) is 6.07 Å². The van der Waals surface area contributed by atoms with E-state index in [1.54, 1.807) is 19.1 Å². The minimum absolute atomic E-state index is 0.0361. The predicted molar refractivity (Wildman–Crippen MR) is 126 cm³/mol. The van der Waals surface area contributed by atoms with E-state index < -0.39 is 4.92 Å². The number of nitrogens with zero attached hydrogens (tertiary/aromatic N) is 1. The van der Waals surface area contributed by atoms with Gasteiger partial charge < -0.3 is 10.1 Å². The number of hydrogen-bond donors (Lipinski definition) is 1. The summed E-state index contributed by atoms with van der Waals surface area (Å²) in [5.74, 6) is -0.715. The highest BCUT2D eigenvalue weighted by Gasteiger charge is 2.49. The van der Waals surface area contributed by atoms with Gasteiger partial charge in [0, 0.05) is 22.9 Å². The van der Waals surface area contributed by atoms with E-state index in [0.717, 1.165) is 48.1 Å². The van der Waals surface area contributed by atoms with Crippen molar-refractivity contribution in [1.29, 1.82) is 0 Å². The van der Waals surface area contributed by atoms with E-state index in [2.05, 4.69) is 17.5 Å². The summed E-state index contributed by atoms with van der Waals surface area (Å²) in [6, 6.07) is 6.63. The molecule has 1 aromatic carbocycles. The average molecular weight is 467 g/mol. The zero-order chi connectivity index (χ0) is 23.1. The maximum Gasteiger partial charge on any atom is 0.341 e. The summed E-state index contributed by atoms with van der Waals surface area (Å²) in [6.45, 7) is 2.06. The highest BCUT2D eigenvalue weighted by Crippen LogP contribution is 2.54. The number of fused-ring (bicyclic) bond motifs is 3. The molecule has 2 aromatic rings. The van der Waals surface area contributed by atoms with Crippen LogP contribution in [0.3, 0.4) is 0 Å². The van der Waals surface area contributed by atoms with Crippen molar-refractivity contribution in [3.63, 3.8) is 0 Å². The van der Waals surface area contributed by atoms with E-state index in [1.165, 1.54) is 17.4 Å². The van der Waals surface area contributed by atoms with Gasteiger partial charge in [-0.3, -0.25) is 14.9 Å². The third kappa shape index (κ3) is 3.86. The first-order valence-electron chi connectivity index (χ1n) is 11.5. The van der Waals surface area contributed by atoms with Crippen LogP contribution in [-0.2, 0) is 22.4 Å². The number of allylic oxidation sites excluding steroid dienone is 2. The molecule has 1 N–H and O–H groups in total. The molecule has 8 heteroatoms. The van der Waals surface area contributed by atoms with E-state index in [-0.39, 0.29) is 47.8 Å². The molecule has 1 heterocycles. The fourth-order valence-electron chi connectivity index (χ4n) is 5.75. The summed E-state index contributed by atoms with van der Waals surface area (Å²) in [5, 5.41) is 15.0. The lowest BCUT2D eigenvalue weighted by Gasteiger charge is -2.27. The van der Waals surface area contributed by atoms with Gasteiger partial charge in [0.2, 0.25) is 5.91 Å². The minimum Gasteiger partial charge on any atom is -0.462 e. The van der Waals surface area contributed by atoms with Crippen LogP contribution < -0.4 is 5.32 Å². The maximum absolute atomic E-state index is 13.6. The lowest BCUT2D eigenvalue weighted by molar-refractivity contribution is -0.384. The molecular weight excluding hydrogens is 440 g/mol. The Kier molecular flexibility index (Phi) is 5.78. The first-order valence-corrected chi connectivity index (χ1v) is 12.3. The van der Waals surface area contributed by atoms with Crippen molar-refractivity contribution in [1.82, 2.24) is 0 Å². The molecule has 1 aromatic heterocycles. The zero-order valence-corrected chi connectivity index (χ0v) is 19.2. The fourth-order valence-corrected chi connectivity index (χ4v) is 7.03. The lowest BCUT2D eigenvalue weighted by Crippen LogP contribution is -2.31. The van der Waals surface area contributed by atoms with E-state index >= 15 is 0 Å². The van der Waals surface area contributed by atoms with Crippen LogP contribution in [0.4, 0.5) is 10.7 Å². The highest BCUT2D eigenvalue weighted by atomic mass is 32.1. The molecule has 1 saturated carbocycles. The van der Waals surface area contributed by atoms with Crippen LogP contribution in [0.1, 0.15) is 58.5 Å². The van der Waals surface area contributed by atoms with E-state index in [4.69, 9.17) is 4.74 Å². The number of nitro groups is 1. The van der Waals surface area contributed by atoms with Gasteiger partial charge in [0.05, 0.1) is 23.0 Å². The molecular formula is C25H26N2O5S. The van der Waals surface area contributed by atoms with E-state index in [9.17, 15) is 19.7 Å². The summed E-state index contributed by atoms with van der Waals surface area (Å²) >= 11 is 1.49. The number of aryl methyl sites for hydroxylation is 1. The number of esters is 1. The monoisotopic (exact) mass is 466 g/mol. The van der Waals surface area contributed by atoms with E-state index in [0.29, 0.717) is 10.6 Å². The van der Waals surface area contributed by atoms with Crippen molar-refractivity contribution >= 4 is 33.9 Å². The molecule has 4 atom stereocenters. The second-order valence-corrected chi connectivity index (χ2v) is 10.1. The molecule has 33 heavy (non-hydrogen) atoms. The molecule has 172 valence electrons. The van der Waals surface area contributed by atoms with Gasteiger partial charge in [-0.05, 0) is 62.0 Å². The van der Waals surface area contributed by atoms with Crippen LogP contribution in [0.5, 0.6) is 0 Å². The molecule has 2 bridgehead atoms. The Hall–Kier alpha value is -3.00. The van der Waals surface area contributed by atoms with Crippen LogP contribution in [-0.4, -0.2) is 23.4 Å². The van der Waals surface area contributed by atoms with Gasteiger partial charge in [-0.1, -0.05) is 24.3 Å². The highest BCUT2D eigenvalue weighted by molar-refractivity contribution is 7.17. The molecule has 4 unspecified atom stereocenters. The normalized spacial score (nSPS) is 25.0. The van der Waals surface area contributed by atoms with Gasteiger partial charge in [-0.2, -0.15) is 0 Å². The Morgan fingerprint density at radius 3 is 2.79 bits per heavy atom. The van der Waals surface area contributed by atoms with Gasteiger partial charge in [0.25, 0.3) is 5.69 Å². The van der Waals surface area contributed by atoms with Crippen molar-refractivity contribution in [2.45, 2.75) is 44.9 Å². The summed E-state index contributed by atoms with van der Waals surface area (Å²) in [5.41, 5.74) is 2.38. The van der Waals surface area contributed by atoms with Crippen molar-refractivity contribution in [3.8, 4) is 0 Å². The third-order valence-corrected chi connectivity index (χ3v) is 8.32. The number of rotatable bonds is 6. The lowest BCUT2D eigenvalue weighted by atomic mass is 9.78. The molecule has 0 saturated heterocycles. The van der Waals surface area contributed by atoms with Crippen LogP contribution >= 0.6 is 11.3 Å². The Labute approximate surface area is 196 Å². The number of hydrogen-bond acceptors (Lipinski definition) is 6. The largest absolute Gasteiger partial charge is 0.462 e. The molecule has 1 amide bonds. The Balaban J connectivity index is 1.47. The van der Waals surface area contributed by atoms with Gasteiger partial charge >= 0.3 is 5.97 Å². The number of nitro benzene ring substituents is 1. The number of non-ortho nitro benzene ring substituents is 1. The fraction of sp³-hybridized carbons (Fsp3) is 0.440. The summed E-state index contributed by atoms with van der Waals surface area (Å²) in [4.78, 5) is 38.5. The molecule has 0 spiro atoms. The number of carbonyl (C=O) groups is 2. The first kappa shape index (κ1) is 21.8. The van der Waals surface area contributed by atoms with Crippen molar-refractivity contribution in [3.05, 3.63) is 68.1 Å². The Bertz CT molecular complexity index is 1150. The van der Waals surface area contributed by atoms with Gasteiger partial charge in [0.1, 0.15) is 5.00 Å². The van der Waals surface area contributed by atoms with Crippen LogP contribution in [0.25, 0.3) is 0 Å². The van der Waals surface area contributed by atoms with Crippen LogP contribution in [0, 0.1) is 27.9 Å². The molecule has 3 aliphatic carbocycles. The second kappa shape index (κ2) is 8.74. The molecule has 3 aliphatic rings. The van der Waals surface area contributed by atoms with Crippen molar-refractivity contribution in [2.75, 3.05) is 11.9 Å². The number of amides is 1. The van der Waals surface area contributed by atoms with Gasteiger partial charge in [-0.25, -0.2) is 4.79 Å². The molecule has 0 radical (unpaired) electrons. The number of ether oxygens (including phenoxy) is 1. The van der Waals surface area contributed by atoms with Crippen LogP contribution in [0.2, 0.25) is 0 Å². The number of nitrogens with one attached hydrogen (secondary N) is 1. The summed E-state index contributed by atoms with van der Waals surface area (Å²) in [6.07, 6.45) is 8.92. The average Bonchev–Trinajstić information content (AvgIpc) is 3.51. The van der Waals surface area contributed by atoms with Gasteiger partial charge in [0.15, 0.2) is 0 Å². The Morgan fingerprint density at radius 1 is 1.21 bits per heavy atom. The SMILES string of the molecule is CCOC(=O)c1c(NC(=O)C2C3C=CC(C3)C2c2cccc([N+](=O)[O-])c2)sc2c1CCCC2. The standard InChI is InChI=1S/C25H26N2O5S/c1-2-32-25(29)22-18-8-3-4-9-19(18)33-24(22)26-23(28)21-16-11-10-15(12-16)20(21)14-6-5-7-17(13-14)27(30)31/h5-7,10-11,13,15-16,20-21H,2-4,8-9,12H2,1H3,(H,26,28). The quantitative estimate of drug-likeness (QED) is 0.271. The number of benzene rings is 1. The summed E-state index contributed by atoms with van der Waals surface area (Å²) < 4.78 is 5.32. The minimum atomic E-state index is -0.399. The number of thiophene rings is 1. The third-order valence-electron chi connectivity index (χ3n) is 7.12. The first-order chi connectivity index (χ1) is 16.0. The second-order valence-electron chi connectivity index (χ2n) is 8.98. The molecule has 0 aliphatic heterocycles. The van der Waals surface area contributed by atoms with Crippen LogP contribution in [0.15, 0.2) is 36.4 Å². The zero-order valence-electron chi connectivity index (χ0n) is 18.4. The molecule has 1 fully saturated rings. The van der Waals surface area contributed by atoms with Crippen molar-refractivity contribution in [2.24, 2.45) is 17.8 Å². The number of carbonyl (C=O) groups excluding carboxylic acids is 2. The molecule has 5 rings (SSSR count). The van der Waals surface area contributed by atoms with Crippen molar-refractivity contribution < 1.29 is 19.2 Å². The predicted octanol–water partition coefficient (Wildman–Crippen LogP) is 5.26. The smallest absolute Gasteiger partial charge is 0.341 e. The number of anilines is 1. The maximum atomic E-state index is 13.6.